The number of nitrogens with one attached hydrogen (secondary N) is 1. The third-order valence-corrected chi connectivity index (χ3v) is 4.63. The highest BCUT2D eigenvalue weighted by Crippen LogP contribution is 2.32. The van der Waals surface area contributed by atoms with Crippen LogP contribution in [-0.2, 0) is 9.59 Å². The second-order valence-corrected chi connectivity index (χ2v) is 6.53. The number of hydrogen-bond acceptors (Lipinski definition) is 5. The minimum Gasteiger partial charge on any atom is -0.493 e. The van der Waals surface area contributed by atoms with Gasteiger partial charge in [-0.1, -0.05) is 30.3 Å². The molecule has 0 aliphatic carbocycles. The summed E-state index contributed by atoms with van der Waals surface area (Å²) in [6, 6.07) is 13.1. The van der Waals surface area contributed by atoms with Crippen LogP contribution < -0.4 is 14.8 Å². The Morgan fingerprint density at radius 2 is 1.77 bits per heavy atom. The monoisotopic (exact) mass is 375 g/mol. The predicted molar refractivity (Wildman–Crippen MR) is 99.8 cm³/mol. The van der Waals surface area contributed by atoms with Crippen molar-refractivity contribution in [3.8, 4) is 11.5 Å². The summed E-state index contributed by atoms with van der Waals surface area (Å²) >= 11 is 1.48. The van der Waals surface area contributed by atoms with Gasteiger partial charge in [0, 0.05) is 17.1 Å². The van der Waals surface area contributed by atoms with Crippen LogP contribution in [0.5, 0.6) is 11.5 Å². The minimum absolute atomic E-state index is 0.204. The summed E-state index contributed by atoms with van der Waals surface area (Å²) in [6.07, 6.45) is 0.204. The molecule has 2 aromatic carbocycles. The number of carboxylic acids is 1. The van der Waals surface area contributed by atoms with Gasteiger partial charge in [0.05, 0.1) is 14.2 Å². The minimum atomic E-state index is -1.09. The predicted octanol–water partition coefficient (Wildman–Crippen LogP) is 3.13. The van der Waals surface area contributed by atoms with E-state index in [1.807, 2.05) is 12.1 Å². The Balaban J connectivity index is 1.89. The molecule has 0 bridgehead atoms. The smallest absolute Gasteiger partial charge is 0.330 e. The largest absolute Gasteiger partial charge is 0.493 e. The van der Waals surface area contributed by atoms with Crippen LogP contribution in [0.2, 0.25) is 0 Å². The van der Waals surface area contributed by atoms with Crippen LogP contribution in [-0.4, -0.2) is 37.0 Å². The maximum atomic E-state index is 12.1. The molecule has 0 aromatic heterocycles. The van der Waals surface area contributed by atoms with E-state index < -0.39 is 12.0 Å². The molecular formula is C19H21NO5S. The number of carbonyl (C=O) groups is 2. The molecular weight excluding hydrogens is 354 g/mol. The molecule has 6 nitrogen and oxygen atoms in total. The number of benzene rings is 2. The van der Waals surface area contributed by atoms with Crippen LogP contribution in [0.25, 0.3) is 0 Å². The van der Waals surface area contributed by atoms with E-state index in [-0.39, 0.29) is 12.3 Å². The Labute approximate surface area is 156 Å². The molecule has 1 atom stereocenters. The first-order valence-electron chi connectivity index (χ1n) is 7.97. The summed E-state index contributed by atoms with van der Waals surface area (Å²) in [5.74, 6) is 0.382. The van der Waals surface area contributed by atoms with Gasteiger partial charge < -0.3 is 19.9 Å². The Morgan fingerprint density at radius 3 is 2.38 bits per heavy atom. The standard InChI is InChI=1S/C19H21NO5S/c1-24-15-9-8-14(12-16(15)25-2)26-11-10-17(21)20-18(19(22)23)13-6-4-3-5-7-13/h3-9,12,18H,10-11H2,1-2H3,(H,20,21)(H,22,23)/t18-/m1/s1. The first-order valence-corrected chi connectivity index (χ1v) is 8.95. The highest BCUT2D eigenvalue weighted by atomic mass is 32.2. The lowest BCUT2D eigenvalue weighted by Gasteiger charge is -2.15. The van der Waals surface area contributed by atoms with E-state index in [2.05, 4.69) is 5.32 Å². The molecule has 0 radical (unpaired) electrons. The molecule has 0 heterocycles. The topological polar surface area (TPSA) is 84.9 Å². The van der Waals surface area contributed by atoms with Crippen molar-refractivity contribution in [1.29, 1.82) is 0 Å². The molecule has 1 amide bonds. The van der Waals surface area contributed by atoms with Crippen molar-refractivity contribution in [3.05, 3.63) is 54.1 Å². The van der Waals surface area contributed by atoms with E-state index >= 15 is 0 Å². The summed E-state index contributed by atoms with van der Waals surface area (Å²) in [5.41, 5.74) is 0.542. The summed E-state index contributed by atoms with van der Waals surface area (Å²) in [4.78, 5) is 24.5. The Morgan fingerprint density at radius 1 is 1.08 bits per heavy atom. The molecule has 0 saturated carbocycles. The van der Waals surface area contributed by atoms with Crippen LogP contribution >= 0.6 is 11.8 Å². The number of hydrogen-bond donors (Lipinski definition) is 2. The van der Waals surface area contributed by atoms with E-state index in [0.717, 1.165) is 4.90 Å². The van der Waals surface area contributed by atoms with Crippen LogP contribution in [0, 0.1) is 0 Å². The van der Waals surface area contributed by atoms with Crippen LogP contribution in [0.3, 0.4) is 0 Å². The number of carboxylic acid groups (broad SMARTS) is 1. The lowest BCUT2D eigenvalue weighted by Crippen LogP contribution is -2.33. The Kier molecular flexibility index (Phi) is 7.35. The van der Waals surface area contributed by atoms with E-state index in [1.54, 1.807) is 50.6 Å². The lowest BCUT2D eigenvalue weighted by molar-refractivity contribution is -0.142. The van der Waals surface area contributed by atoms with Gasteiger partial charge in [0.25, 0.3) is 0 Å². The van der Waals surface area contributed by atoms with E-state index in [9.17, 15) is 14.7 Å². The van der Waals surface area contributed by atoms with Gasteiger partial charge >= 0.3 is 5.97 Å². The van der Waals surface area contributed by atoms with Crippen LogP contribution in [0.4, 0.5) is 0 Å². The fourth-order valence-electron chi connectivity index (χ4n) is 2.33. The molecule has 26 heavy (non-hydrogen) atoms. The van der Waals surface area contributed by atoms with Crippen molar-refractivity contribution in [2.75, 3.05) is 20.0 Å². The molecule has 0 aliphatic rings. The zero-order valence-corrected chi connectivity index (χ0v) is 15.4. The molecule has 2 N–H and O–H groups in total. The molecule has 0 saturated heterocycles. The van der Waals surface area contributed by atoms with Gasteiger partial charge in [-0.2, -0.15) is 0 Å². The van der Waals surface area contributed by atoms with Crippen molar-refractivity contribution in [1.82, 2.24) is 5.32 Å². The van der Waals surface area contributed by atoms with Gasteiger partial charge in [0.15, 0.2) is 17.5 Å². The molecule has 7 heteroatoms. The number of ether oxygens (including phenoxy) is 2. The maximum absolute atomic E-state index is 12.1. The first kappa shape index (κ1) is 19.7. The number of methoxy groups -OCH3 is 2. The quantitative estimate of drug-likeness (QED) is 0.655. The summed E-state index contributed by atoms with van der Waals surface area (Å²) in [7, 11) is 3.13. The van der Waals surface area contributed by atoms with E-state index in [0.29, 0.717) is 22.8 Å². The number of carbonyl (C=O) groups excluding carboxylic acids is 1. The molecule has 0 aliphatic heterocycles. The van der Waals surface area contributed by atoms with Gasteiger partial charge in [-0.05, 0) is 23.8 Å². The highest BCUT2D eigenvalue weighted by Gasteiger charge is 2.21. The molecule has 2 rings (SSSR count). The van der Waals surface area contributed by atoms with Crippen molar-refractivity contribution >= 4 is 23.6 Å². The van der Waals surface area contributed by atoms with Crippen LogP contribution in [0.15, 0.2) is 53.4 Å². The zero-order chi connectivity index (χ0) is 18.9. The third kappa shape index (κ3) is 5.42. The van der Waals surface area contributed by atoms with E-state index in [4.69, 9.17) is 9.47 Å². The number of amides is 1. The average Bonchev–Trinajstić information content (AvgIpc) is 2.66. The summed E-state index contributed by atoms with van der Waals surface area (Å²) in [5, 5.41) is 11.9. The van der Waals surface area contributed by atoms with Crippen molar-refractivity contribution in [3.63, 3.8) is 0 Å². The van der Waals surface area contributed by atoms with Crippen LogP contribution in [0.1, 0.15) is 18.0 Å². The first-order chi connectivity index (χ1) is 12.5. The molecule has 138 valence electrons. The number of thioether (sulfide) groups is 1. The lowest BCUT2D eigenvalue weighted by atomic mass is 10.1. The fourth-order valence-corrected chi connectivity index (χ4v) is 3.21. The second-order valence-electron chi connectivity index (χ2n) is 5.36. The summed E-state index contributed by atoms with van der Waals surface area (Å²) < 4.78 is 10.4. The molecule has 0 spiro atoms. The van der Waals surface area contributed by atoms with E-state index in [1.165, 1.54) is 11.8 Å². The number of aliphatic carboxylic acids is 1. The van der Waals surface area contributed by atoms with Crippen molar-refractivity contribution in [2.45, 2.75) is 17.4 Å². The SMILES string of the molecule is COc1ccc(SCCC(=O)N[C@@H](C(=O)O)c2ccccc2)cc1OC. The molecule has 0 unspecified atom stereocenters. The second kappa shape index (κ2) is 9.72. The fraction of sp³-hybridized carbons (Fsp3) is 0.263. The zero-order valence-electron chi connectivity index (χ0n) is 14.6. The Hall–Kier alpha value is -2.67. The highest BCUT2D eigenvalue weighted by molar-refractivity contribution is 7.99. The van der Waals surface area contributed by atoms with Gasteiger partial charge in [-0.15, -0.1) is 11.8 Å². The normalized spacial score (nSPS) is 11.5. The maximum Gasteiger partial charge on any atom is 0.330 e. The van der Waals surface area contributed by atoms with Gasteiger partial charge in [0.2, 0.25) is 5.91 Å². The van der Waals surface area contributed by atoms with Gasteiger partial charge in [0.1, 0.15) is 0 Å². The third-order valence-electron chi connectivity index (χ3n) is 3.64. The van der Waals surface area contributed by atoms with Gasteiger partial charge in [-0.25, -0.2) is 4.79 Å². The molecule has 2 aromatic rings. The number of rotatable bonds is 9. The van der Waals surface area contributed by atoms with Gasteiger partial charge in [-0.3, -0.25) is 4.79 Å². The summed E-state index contributed by atoms with van der Waals surface area (Å²) in [6.45, 7) is 0. The van der Waals surface area contributed by atoms with Crippen molar-refractivity contribution in [2.24, 2.45) is 0 Å². The average molecular weight is 375 g/mol. The Bertz CT molecular complexity index is 751. The molecule has 0 fully saturated rings. The van der Waals surface area contributed by atoms with Crippen molar-refractivity contribution < 1.29 is 24.2 Å².